The van der Waals surface area contributed by atoms with Gasteiger partial charge in [0.05, 0.1) is 17.6 Å². The van der Waals surface area contributed by atoms with Gasteiger partial charge >= 0.3 is 0 Å². The zero-order valence-corrected chi connectivity index (χ0v) is 22.0. The molecule has 0 saturated carbocycles. The highest BCUT2D eigenvalue weighted by Gasteiger charge is 2.11. The second kappa shape index (κ2) is 12.0. The molecule has 4 rings (SSSR count). The molecule has 0 atom stereocenters. The van der Waals surface area contributed by atoms with Gasteiger partial charge in [0.2, 0.25) is 0 Å². The molecule has 0 bridgehead atoms. The van der Waals surface area contributed by atoms with Crippen LogP contribution < -0.4 is 10.1 Å². The number of benzene rings is 3. The Balaban J connectivity index is 1.28. The van der Waals surface area contributed by atoms with Crippen molar-refractivity contribution in [2.24, 2.45) is 0 Å². The largest absolute Gasteiger partial charge is 0.491 e. The molecule has 0 aliphatic rings. The minimum absolute atomic E-state index is 0.0249. The Labute approximate surface area is 215 Å². The summed E-state index contributed by atoms with van der Waals surface area (Å²) in [4.78, 5) is 17.1. The number of fused-ring (bicyclic) bond motifs is 1. The predicted octanol–water partition coefficient (Wildman–Crippen LogP) is 6.64. The summed E-state index contributed by atoms with van der Waals surface area (Å²) in [6.07, 6.45) is 3.90. The molecule has 1 N–H and O–H groups in total. The monoisotopic (exact) mass is 533 g/mol. The van der Waals surface area contributed by atoms with Crippen LogP contribution in [0.4, 0.5) is 0 Å². The van der Waals surface area contributed by atoms with E-state index in [2.05, 4.69) is 63.9 Å². The van der Waals surface area contributed by atoms with Crippen LogP contribution in [0.5, 0.6) is 5.75 Å². The van der Waals surface area contributed by atoms with E-state index in [1.807, 2.05) is 42.5 Å². The van der Waals surface area contributed by atoms with Crippen molar-refractivity contribution in [2.45, 2.75) is 46.1 Å². The van der Waals surface area contributed by atoms with Crippen molar-refractivity contribution in [1.29, 1.82) is 0 Å². The highest BCUT2D eigenvalue weighted by Crippen LogP contribution is 2.22. The Morgan fingerprint density at radius 1 is 0.971 bits per heavy atom. The number of carbonyl (C=O) groups is 1. The lowest BCUT2D eigenvalue weighted by Gasteiger charge is -2.13. The summed E-state index contributed by atoms with van der Waals surface area (Å²) >= 11 is 3.40. The van der Waals surface area contributed by atoms with Crippen molar-refractivity contribution in [3.05, 3.63) is 93.7 Å². The van der Waals surface area contributed by atoms with Crippen molar-refractivity contribution in [3.8, 4) is 5.75 Å². The maximum Gasteiger partial charge on any atom is 0.251 e. The molecule has 5 nitrogen and oxygen atoms in total. The third-order valence-electron chi connectivity index (χ3n) is 6.33. The van der Waals surface area contributed by atoms with Gasteiger partial charge in [-0.05, 0) is 80.3 Å². The van der Waals surface area contributed by atoms with Crippen LogP contribution in [0.3, 0.4) is 0 Å². The molecule has 6 heteroatoms. The Hall–Kier alpha value is -3.12. The van der Waals surface area contributed by atoms with Crippen molar-refractivity contribution in [3.63, 3.8) is 0 Å². The number of imidazole rings is 1. The molecule has 35 heavy (non-hydrogen) atoms. The molecule has 0 spiro atoms. The van der Waals surface area contributed by atoms with E-state index in [9.17, 15) is 4.79 Å². The lowest BCUT2D eigenvalue weighted by molar-refractivity contribution is 0.0953. The van der Waals surface area contributed by atoms with Gasteiger partial charge in [0.1, 0.15) is 18.2 Å². The second-order valence-electron chi connectivity index (χ2n) is 8.79. The Morgan fingerprint density at radius 3 is 2.60 bits per heavy atom. The number of para-hydroxylation sites is 2. The first-order valence-electron chi connectivity index (χ1n) is 12.2. The number of aryl methyl sites for hydroxylation is 2. The number of unbranched alkanes of at least 4 members (excludes halogenated alkanes) is 2. The number of nitrogens with zero attached hydrogens (tertiary/aromatic N) is 2. The minimum atomic E-state index is -0.0249. The second-order valence-corrected chi connectivity index (χ2v) is 9.70. The van der Waals surface area contributed by atoms with Crippen LogP contribution in [-0.4, -0.2) is 28.6 Å². The van der Waals surface area contributed by atoms with Gasteiger partial charge in [-0.3, -0.25) is 4.79 Å². The average molecular weight is 534 g/mol. The van der Waals surface area contributed by atoms with Crippen molar-refractivity contribution in [1.82, 2.24) is 14.9 Å². The molecule has 0 aliphatic carbocycles. The van der Waals surface area contributed by atoms with Crippen LogP contribution in [0.1, 0.15) is 46.6 Å². The minimum Gasteiger partial charge on any atom is -0.491 e. The smallest absolute Gasteiger partial charge is 0.251 e. The summed E-state index contributed by atoms with van der Waals surface area (Å²) in [5.74, 6) is 2.01. The highest BCUT2D eigenvalue weighted by molar-refractivity contribution is 9.10. The quantitative estimate of drug-likeness (QED) is 0.220. The molecule has 1 heterocycles. The third kappa shape index (κ3) is 6.51. The lowest BCUT2D eigenvalue weighted by Crippen LogP contribution is -2.24. The van der Waals surface area contributed by atoms with E-state index < -0.39 is 0 Å². The van der Waals surface area contributed by atoms with Gasteiger partial charge in [0.15, 0.2) is 0 Å². The first-order valence-corrected chi connectivity index (χ1v) is 13.0. The molecule has 3 aromatic carbocycles. The standard InChI is InChI=1S/C29H32BrN3O2/c1-21-9-8-12-27(22(21)2)35-20-19-33-26-11-6-5-10-25(26)32-28(33)13-4-3-7-18-31-29(34)23-14-16-24(30)17-15-23/h5-6,8-12,14-17H,3-4,7,13,18-20H2,1-2H3,(H,31,34). The fraction of sp³-hybridized carbons (Fsp3) is 0.310. The molecular weight excluding hydrogens is 502 g/mol. The number of ether oxygens (including phenoxy) is 1. The summed E-state index contributed by atoms with van der Waals surface area (Å²) in [5, 5.41) is 3.01. The van der Waals surface area contributed by atoms with Crippen LogP contribution in [-0.2, 0) is 13.0 Å². The third-order valence-corrected chi connectivity index (χ3v) is 6.86. The molecule has 0 unspecified atom stereocenters. The number of amides is 1. The fourth-order valence-corrected chi connectivity index (χ4v) is 4.45. The van der Waals surface area contributed by atoms with Crippen molar-refractivity contribution < 1.29 is 9.53 Å². The van der Waals surface area contributed by atoms with E-state index in [4.69, 9.17) is 9.72 Å². The van der Waals surface area contributed by atoms with Gasteiger partial charge < -0.3 is 14.6 Å². The summed E-state index contributed by atoms with van der Waals surface area (Å²) in [5.41, 5.74) is 5.29. The molecular formula is C29H32BrN3O2. The van der Waals surface area contributed by atoms with Crippen molar-refractivity contribution >= 4 is 32.9 Å². The van der Waals surface area contributed by atoms with Crippen LogP contribution in [0.15, 0.2) is 71.2 Å². The Morgan fingerprint density at radius 2 is 1.77 bits per heavy atom. The number of halogens is 1. The molecule has 0 aliphatic heterocycles. The maximum atomic E-state index is 12.2. The average Bonchev–Trinajstić information content (AvgIpc) is 3.21. The first-order chi connectivity index (χ1) is 17.0. The maximum absolute atomic E-state index is 12.2. The topological polar surface area (TPSA) is 56.1 Å². The summed E-state index contributed by atoms with van der Waals surface area (Å²) in [7, 11) is 0. The van der Waals surface area contributed by atoms with Gasteiger partial charge in [-0.2, -0.15) is 0 Å². The van der Waals surface area contributed by atoms with E-state index in [1.54, 1.807) is 0 Å². The Bertz CT molecular complexity index is 1280. The molecule has 1 aromatic heterocycles. The zero-order chi connectivity index (χ0) is 24.6. The Kier molecular flexibility index (Phi) is 8.59. The van der Waals surface area contributed by atoms with E-state index in [-0.39, 0.29) is 5.91 Å². The molecule has 4 aromatic rings. The number of rotatable bonds is 11. The van der Waals surface area contributed by atoms with Crippen LogP contribution in [0.2, 0.25) is 0 Å². The molecule has 0 radical (unpaired) electrons. The van der Waals surface area contributed by atoms with E-state index in [0.29, 0.717) is 18.7 Å². The van der Waals surface area contributed by atoms with Gasteiger partial charge in [-0.25, -0.2) is 4.98 Å². The number of nitrogens with one attached hydrogen (secondary N) is 1. The fourth-order valence-electron chi connectivity index (χ4n) is 4.18. The lowest BCUT2D eigenvalue weighted by atomic mass is 10.1. The predicted molar refractivity (Wildman–Crippen MR) is 145 cm³/mol. The molecule has 1 amide bonds. The van der Waals surface area contributed by atoms with E-state index in [1.165, 1.54) is 11.1 Å². The van der Waals surface area contributed by atoms with Gasteiger partial charge in [-0.1, -0.05) is 46.6 Å². The van der Waals surface area contributed by atoms with Crippen molar-refractivity contribution in [2.75, 3.05) is 13.2 Å². The van der Waals surface area contributed by atoms with Crippen LogP contribution >= 0.6 is 15.9 Å². The SMILES string of the molecule is Cc1cccc(OCCn2c(CCCCCNC(=O)c3ccc(Br)cc3)nc3ccccc32)c1C. The number of hydrogen-bond donors (Lipinski definition) is 1. The zero-order valence-electron chi connectivity index (χ0n) is 20.4. The van der Waals surface area contributed by atoms with E-state index >= 15 is 0 Å². The highest BCUT2D eigenvalue weighted by atomic mass is 79.9. The summed E-state index contributed by atoms with van der Waals surface area (Å²) in [6, 6.07) is 21.9. The first kappa shape index (κ1) is 25.0. The van der Waals surface area contributed by atoms with Crippen LogP contribution in [0, 0.1) is 13.8 Å². The summed E-state index contributed by atoms with van der Waals surface area (Å²) < 4.78 is 9.38. The van der Waals surface area contributed by atoms with Gasteiger partial charge in [0, 0.05) is 23.0 Å². The van der Waals surface area contributed by atoms with Crippen LogP contribution in [0.25, 0.3) is 11.0 Å². The normalized spacial score (nSPS) is 11.1. The molecule has 0 fully saturated rings. The summed E-state index contributed by atoms with van der Waals surface area (Å²) in [6.45, 7) is 6.24. The number of carbonyl (C=O) groups excluding carboxylic acids is 1. The number of aromatic nitrogens is 2. The molecule has 182 valence electrons. The molecule has 0 saturated heterocycles. The van der Waals surface area contributed by atoms with Gasteiger partial charge in [0.25, 0.3) is 5.91 Å². The van der Waals surface area contributed by atoms with E-state index in [0.717, 1.165) is 59.3 Å². The van der Waals surface area contributed by atoms with Gasteiger partial charge in [-0.15, -0.1) is 0 Å². The number of hydrogen-bond acceptors (Lipinski definition) is 3.